The van der Waals surface area contributed by atoms with Crippen molar-refractivity contribution >= 4 is 23.7 Å². The minimum Gasteiger partial charge on any atom is -0.461 e. The average molecular weight is 405 g/mol. The third kappa shape index (κ3) is 6.62. The van der Waals surface area contributed by atoms with Gasteiger partial charge in [-0.05, 0) is 18.1 Å². The molecule has 0 atom stereocenters. The van der Waals surface area contributed by atoms with Gasteiger partial charge in [0.25, 0.3) is 0 Å². The molecule has 0 radical (unpaired) electrons. The number of hydrogen-bond acceptors (Lipinski definition) is 6. The van der Waals surface area contributed by atoms with Crippen LogP contribution in [0.5, 0.6) is 0 Å². The van der Waals surface area contributed by atoms with E-state index in [2.05, 4.69) is 10.2 Å². The quantitative estimate of drug-likeness (QED) is 0.687. The second kappa shape index (κ2) is 8.93. The summed E-state index contributed by atoms with van der Waals surface area (Å²) in [5.74, 6) is 0.313. The van der Waals surface area contributed by atoms with E-state index in [4.69, 9.17) is 4.42 Å². The number of imide groups is 1. The zero-order valence-electron chi connectivity index (χ0n) is 14.5. The Labute approximate surface area is 156 Å². The summed E-state index contributed by atoms with van der Waals surface area (Å²) in [5, 5.41) is 11.9. The van der Waals surface area contributed by atoms with Crippen LogP contribution in [0.1, 0.15) is 13.8 Å². The molecule has 0 aromatic carbocycles. The molecule has 0 bridgehead atoms. The van der Waals surface area contributed by atoms with Crippen molar-refractivity contribution in [3.63, 3.8) is 0 Å². The summed E-state index contributed by atoms with van der Waals surface area (Å²) in [6.45, 7) is 3.05. The SMILES string of the molecule is CC(C)Cn1c(SCC(=O)NC(=O)NCC(F)(F)F)nnc1-c1ccco1. The standard InChI is InChI=1S/C15H18F3N5O3S/c1-9(2)6-23-12(10-4-3-5-26-10)21-22-14(23)27-7-11(24)20-13(25)19-8-15(16,17)18/h3-5,9H,6-8H2,1-2H3,(H2,19,20,24,25). The van der Waals surface area contributed by atoms with Gasteiger partial charge in [-0.2, -0.15) is 13.2 Å². The van der Waals surface area contributed by atoms with E-state index in [1.165, 1.54) is 6.26 Å². The van der Waals surface area contributed by atoms with E-state index in [0.29, 0.717) is 23.3 Å². The highest BCUT2D eigenvalue weighted by Gasteiger charge is 2.28. The van der Waals surface area contributed by atoms with Gasteiger partial charge in [0.15, 0.2) is 16.7 Å². The predicted molar refractivity (Wildman–Crippen MR) is 90.9 cm³/mol. The lowest BCUT2D eigenvalue weighted by Gasteiger charge is -2.11. The van der Waals surface area contributed by atoms with E-state index in [0.717, 1.165) is 11.8 Å². The van der Waals surface area contributed by atoms with Crippen LogP contribution in [0.3, 0.4) is 0 Å². The molecule has 2 aromatic rings. The number of nitrogens with one attached hydrogen (secondary N) is 2. The van der Waals surface area contributed by atoms with Gasteiger partial charge in [0.1, 0.15) is 6.54 Å². The number of alkyl halides is 3. The Balaban J connectivity index is 1.97. The number of amides is 3. The number of rotatable bonds is 7. The van der Waals surface area contributed by atoms with Gasteiger partial charge in [-0.3, -0.25) is 14.7 Å². The van der Waals surface area contributed by atoms with Crippen LogP contribution in [0.15, 0.2) is 28.0 Å². The van der Waals surface area contributed by atoms with Crippen molar-refractivity contribution in [2.75, 3.05) is 12.3 Å². The van der Waals surface area contributed by atoms with E-state index in [9.17, 15) is 22.8 Å². The summed E-state index contributed by atoms with van der Waals surface area (Å²) in [7, 11) is 0. The number of thioether (sulfide) groups is 1. The van der Waals surface area contributed by atoms with E-state index < -0.39 is 24.7 Å². The molecule has 2 aromatic heterocycles. The van der Waals surface area contributed by atoms with Crippen molar-refractivity contribution in [1.29, 1.82) is 0 Å². The molecule has 0 spiro atoms. The van der Waals surface area contributed by atoms with Crippen LogP contribution in [0, 0.1) is 5.92 Å². The summed E-state index contributed by atoms with van der Waals surface area (Å²) in [5.41, 5.74) is 0. The van der Waals surface area contributed by atoms with Gasteiger partial charge in [0, 0.05) is 6.54 Å². The Morgan fingerprint density at radius 3 is 2.67 bits per heavy atom. The van der Waals surface area contributed by atoms with Crippen molar-refractivity contribution in [2.45, 2.75) is 31.7 Å². The molecule has 2 N–H and O–H groups in total. The fraction of sp³-hybridized carbons (Fsp3) is 0.467. The molecule has 0 saturated carbocycles. The number of aromatic nitrogens is 3. The molecule has 0 fully saturated rings. The van der Waals surface area contributed by atoms with Crippen molar-refractivity contribution in [2.24, 2.45) is 5.92 Å². The van der Waals surface area contributed by atoms with Crippen LogP contribution in [0.25, 0.3) is 11.6 Å². The van der Waals surface area contributed by atoms with Crippen molar-refractivity contribution in [3.05, 3.63) is 18.4 Å². The fourth-order valence-electron chi connectivity index (χ4n) is 2.03. The number of urea groups is 1. The van der Waals surface area contributed by atoms with E-state index in [1.54, 1.807) is 22.0 Å². The normalized spacial score (nSPS) is 11.6. The van der Waals surface area contributed by atoms with E-state index in [1.807, 2.05) is 19.2 Å². The molecule has 0 saturated heterocycles. The van der Waals surface area contributed by atoms with Gasteiger partial charge in [0.2, 0.25) is 5.91 Å². The first-order valence-corrected chi connectivity index (χ1v) is 8.88. The lowest BCUT2D eigenvalue weighted by atomic mass is 10.2. The molecule has 0 aliphatic heterocycles. The maximum atomic E-state index is 12.0. The Kier molecular flexibility index (Phi) is 6.88. The Hall–Kier alpha value is -2.50. The summed E-state index contributed by atoms with van der Waals surface area (Å²) in [4.78, 5) is 23.1. The molecule has 0 unspecified atom stereocenters. The average Bonchev–Trinajstić information content (AvgIpc) is 3.19. The van der Waals surface area contributed by atoms with Crippen LogP contribution >= 0.6 is 11.8 Å². The smallest absolute Gasteiger partial charge is 0.405 e. The third-order valence-electron chi connectivity index (χ3n) is 3.04. The number of hydrogen-bond donors (Lipinski definition) is 2. The van der Waals surface area contributed by atoms with Crippen molar-refractivity contribution < 1.29 is 27.2 Å². The fourth-order valence-corrected chi connectivity index (χ4v) is 2.78. The number of carbonyl (C=O) groups excluding carboxylic acids is 2. The number of furan rings is 1. The molecule has 8 nitrogen and oxygen atoms in total. The summed E-state index contributed by atoms with van der Waals surface area (Å²) < 4.78 is 43.2. The van der Waals surface area contributed by atoms with Crippen molar-refractivity contribution in [3.8, 4) is 11.6 Å². The van der Waals surface area contributed by atoms with Crippen molar-refractivity contribution in [1.82, 2.24) is 25.4 Å². The largest absolute Gasteiger partial charge is 0.461 e. The minimum absolute atomic E-state index is 0.214. The van der Waals surface area contributed by atoms with E-state index >= 15 is 0 Å². The zero-order chi connectivity index (χ0) is 20.0. The minimum atomic E-state index is -4.55. The van der Waals surface area contributed by atoms with Gasteiger partial charge < -0.3 is 9.73 Å². The van der Waals surface area contributed by atoms with Gasteiger partial charge in [-0.15, -0.1) is 10.2 Å². The van der Waals surface area contributed by atoms with Gasteiger partial charge in [-0.1, -0.05) is 25.6 Å². The van der Waals surface area contributed by atoms with Crippen LogP contribution in [0.4, 0.5) is 18.0 Å². The Bertz CT molecular complexity index is 774. The molecule has 27 heavy (non-hydrogen) atoms. The van der Waals surface area contributed by atoms with E-state index in [-0.39, 0.29) is 11.7 Å². The molecule has 3 amide bonds. The molecule has 2 rings (SSSR count). The zero-order valence-corrected chi connectivity index (χ0v) is 15.4. The first-order chi connectivity index (χ1) is 12.7. The van der Waals surface area contributed by atoms with Crippen LogP contribution in [-0.4, -0.2) is 45.2 Å². The van der Waals surface area contributed by atoms with Gasteiger partial charge in [-0.25, -0.2) is 4.79 Å². The van der Waals surface area contributed by atoms with Crippen LogP contribution in [-0.2, 0) is 11.3 Å². The molecular weight excluding hydrogens is 387 g/mol. The number of nitrogens with zero attached hydrogens (tertiary/aromatic N) is 3. The lowest BCUT2D eigenvalue weighted by molar-refractivity contribution is -0.124. The highest BCUT2D eigenvalue weighted by Crippen LogP contribution is 2.25. The molecular formula is C15H18F3N5O3S. The highest BCUT2D eigenvalue weighted by molar-refractivity contribution is 7.99. The van der Waals surface area contributed by atoms with Crippen LogP contribution < -0.4 is 10.6 Å². The monoisotopic (exact) mass is 405 g/mol. The predicted octanol–water partition coefficient (Wildman–Crippen LogP) is 2.67. The molecule has 12 heteroatoms. The summed E-state index contributed by atoms with van der Waals surface area (Å²) in [6.07, 6.45) is -3.05. The Morgan fingerprint density at radius 1 is 1.33 bits per heavy atom. The molecule has 0 aliphatic rings. The maximum absolute atomic E-state index is 12.0. The number of carbonyl (C=O) groups is 2. The first-order valence-electron chi connectivity index (χ1n) is 7.90. The number of halogens is 3. The Morgan fingerprint density at radius 2 is 2.07 bits per heavy atom. The van der Waals surface area contributed by atoms with Gasteiger partial charge in [0.05, 0.1) is 12.0 Å². The van der Waals surface area contributed by atoms with Gasteiger partial charge >= 0.3 is 12.2 Å². The first kappa shape index (κ1) is 20.8. The molecule has 0 aliphatic carbocycles. The third-order valence-corrected chi connectivity index (χ3v) is 4.01. The lowest BCUT2D eigenvalue weighted by Crippen LogP contribution is -2.43. The highest BCUT2D eigenvalue weighted by atomic mass is 32.2. The molecule has 2 heterocycles. The second-order valence-corrected chi connectivity index (χ2v) is 6.87. The second-order valence-electron chi connectivity index (χ2n) is 5.92. The summed E-state index contributed by atoms with van der Waals surface area (Å²) in [6, 6.07) is 2.23. The topological polar surface area (TPSA) is 102 Å². The van der Waals surface area contributed by atoms with Crippen LogP contribution in [0.2, 0.25) is 0 Å². The summed E-state index contributed by atoms with van der Waals surface area (Å²) >= 11 is 1.01. The maximum Gasteiger partial charge on any atom is 0.405 e. The molecule has 148 valence electrons.